The number of aromatic nitrogens is 2. The van der Waals surface area contributed by atoms with Crippen LogP contribution < -0.4 is 19.5 Å². The van der Waals surface area contributed by atoms with E-state index in [4.69, 9.17) is 13.9 Å². The third kappa shape index (κ3) is 5.09. The normalized spacial score (nSPS) is 11.1. The van der Waals surface area contributed by atoms with Gasteiger partial charge in [0.25, 0.3) is 15.9 Å². The number of pyridine rings is 1. The van der Waals surface area contributed by atoms with Gasteiger partial charge in [0.05, 0.1) is 31.8 Å². The van der Waals surface area contributed by atoms with E-state index < -0.39 is 15.9 Å². The van der Waals surface area contributed by atoms with Crippen molar-refractivity contribution in [2.45, 2.75) is 11.8 Å². The van der Waals surface area contributed by atoms with E-state index in [1.54, 1.807) is 37.3 Å². The van der Waals surface area contributed by atoms with Crippen molar-refractivity contribution in [3.8, 4) is 23.1 Å². The van der Waals surface area contributed by atoms with E-state index in [0.29, 0.717) is 16.9 Å². The lowest BCUT2D eigenvalue weighted by atomic mass is 10.2. The Labute approximate surface area is 202 Å². The Morgan fingerprint density at radius 1 is 1.03 bits per heavy atom. The first-order chi connectivity index (χ1) is 16.8. The van der Waals surface area contributed by atoms with Gasteiger partial charge in [0.15, 0.2) is 10.6 Å². The van der Waals surface area contributed by atoms with E-state index in [0.717, 1.165) is 0 Å². The van der Waals surface area contributed by atoms with Crippen molar-refractivity contribution in [2.75, 3.05) is 24.3 Å². The minimum Gasteiger partial charge on any atom is -0.495 e. The highest BCUT2D eigenvalue weighted by Crippen LogP contribution is 2.32. The zero-order chi connectivity index (χ0) is 25.0. The van der Waals surface area contributed by atoms with Crippen molar-refractivity contribution >= 4 is 27.3 Å². The maximum Gasteiger partial charge on any atom is 0.277 e. The van der Waals surface area contributed by atoms with Crippen LogP contribution in [0.2, 0.25) is 0 Å². The molecule has 0 spiro atoms. The molecular formula is C24H22N4O6S. The third-order valence-corrected chi connectivity index (χ3v) is 6.35. The number of hydrogen-bond acceptors (Lipinski definition) is 8. The summed E-state index contributed by atoms with van der Waals surface area (Å²) in [6.07, 6.45) is 2.50. The van der Waals surface area contributed by atoms with Crippen molar-refractivity contribution in [1.82, 2.24) is 9.97 Å². The molecular weight excluding hydrogens is 472 g/mol. The third-order valence-electron chi connectivity index (χ3n) is 5.01. The van der Waals surface area contributed by atoms with E-state index in [2.05, 4.69) is 20.0 Å². The van der Waals surface area contributed by atoms with E-state index in [1.807, 2.05) is 18.2 Å². The lowest BCUT2D eigenvalue weighted by Crippen LogP contribution is -2.18. The highest BCUT2D eigenvalue weighted by molar-refractivity contribution is 7.92. The number of rotatable bonds is 8. The van der Waals surface area contributed by atoms with Crippen LogP contribution in [0.5, 0.6) is 11.6 Å². The summed E-state index contributed by atoms with van der Waals surface area (Å²) in [6, 6.07) is 15.5. The SMILES string of the molecule is COc1cccc(C)c1NS(=O)(=O)c1cc(NC(=O)c2coc(-c3ccccc3)n2)cnc1OC. The molecule has 4 rings (SSSR count). The highest BCUT2D eigenvalue weighted by atomic mass is 32.2. The van der Waals surface area contributed by atoms with Crippen molar-refractivity contribution in [1.29, 1.82) is 0 Å². The maximum absolute atomic E-state index is 13.2. The van der Waals surface area contributed by atoms with Gasteiger partial charge in [0.1, 0.15) is 12.0 Å². The van der Waals surface area contributed by atoms with E-state index in [-0.39, 0.29) is 33.7 Å². The summed E-state index contributed by atoms with van der Waals surface area (Å²) in [7, 11) is -1.43. The van der Waals surface area contributed by atoms with E-state index in [1.165, 1.54) is 32.7 Å². The van der Waals surface area contributed by atoms with Crippen LogP contribution in [0.25, 0.3) is 11.5 Å². The summed E-state index contributed by atoms with van der Waals surface area (Å²) in [6.45, 7) is 1.74. The summed E-state index contributed by atoms with van der Waals surface area (Å²) >= 11 is 0. The number of amides is 1. The number of aryl methyl sites for hydroxylation is 1. The number of methoxy groups -OCH3 is 2. The predicted octanol–water partition coefficient (Wildman–Crippen LogP) is 4.12. The number of carbonyl (C=O) groups excluding carboxylic acids is 1. The second-order valence-electron chi connectivity index (χ2n) is 7.35. The molecule has 0 bridgehead atoms. The smallest absolute Gasteiger partial charge is 0.277 e. The molecule has 2 aromatic heterocycles. The average molecular weight is 495 g/mol. The number of sulfonamides is 1. The molecule has 0 aliphatic heterocycles. The van der Waals surface area contributed by atoms with Gasteiger partial charge >= 0.3 is 0 Å². The number of anilines is 2. The average Bonchev–Trinajstić information content (AvgIpc) is 3.36. The van der Waals surface area contributed by atoms with Crippen LogP contribution in [-0.4, -0.2) is 38.5 Å². The second kappa shape index (κ2) is 9.85. The van der Waals surface area contributed by atoms with Crippen molar-refractivity contribution < 1.29 is 27.1 Å². The molecule has 2 N–H and O–H groups in total. The Hall–Kier alpha value is -4.38. The molecule has 0 aliphatic rings. The molecule has 2 aromatic carbocycles. The quantitative estimate of drug-likeness (QED) is 0.374. The molecule has 4 aromatic rings. The topological polar surface area (TPSA) is 133 Å². The second-order valence-corrected chi connectivity index (χ2v) is 9.00. The molecule has 35 heavy (non-hydrogen) atoms. The van der Waals surface area contributed by atoms with Gasteiger partial charge in [0.2, 0.25) is 11.8 Å². The minimum absolute atomic E-state index is 0.0202. The lowest BCUT2D eigenvalue weighted by Gasteiger charge is -2.16. The van der Waals surface area contributed by atoms with Gasteiger partial charge in [-0.2, -0.15) is 0 Å². The molecule has 0 radical (unpaired) electrons. The van der Waals surface area contributed by atoms with Gasteiger partial charge < -0.3 is 19.2 Å². The maximum atomic E-state index is 13.2. The Bertz CT molecular complexity index is 1470. The highest BCUT2D eigenvalue weighted by Gasteiger charge is 2.25. The molecule has 2 heterocycles. The standard InChI is InChI=1S/C24H22N4O6S/c1-15-8-7-11-19(32-2)21(15)28-35(30,31)20-12-17(13-25-24(20)33-3)26-22(29)18-14-34-23(27-18)16-9-5-4-6-10-16/h4-14,28H,1-3H3,(H,26,29). The summed E-state index contributed by atoms with van der Waals surface area (Å²) < 4.78 is 44.8. The van der Waals surface area contributed by atoms with Crippen LogP contribution in [0.1, 0.15) is 16.1 Å². The Kier molecular flexibility index (Phi) is 6.69. The van der Waals surface area contributed by atoms with Gasteiger partial charge in [-0.3, -0.25) is 9.52 Å². The number of hydrogen-bond donors (Lipinski definition) is 2. The predicted molar refractivity (Wildman–Crippen MR) is 129 cm³/mol. The van der Waals surface area contributed by atoms with Crippen LogP contribution in [0.3, 0.4) is 0 Å². The molecule has 0 saturated carbocycles. The number of carbonyl (C=O) groups is 1. The van der Waals surface area contributed by atoms with Crippen LogP contribution in [0.15, 0.2) is 76.4 Å². The monoisotopic (exact) mass is 494 g/mol. The molecule has 180 valence electrons. The summed E-state index contributed by atoms with van der Waals surface area (Å²) in [5.74, 6) is -0.107. The lowest BCUT2D eigenvalue weighted by molar-refractivity contribution is 0.102. The van der Waals surface area contributed by atoms with Gasteiger partial charge in [-0.05, 0) is 36.8 Å². The molecule has 0 aliphatic carbocycles. The molecule has 10 nitrogen and oxygen atoms in total. The molecule has 11 heteroatoms. The van der Waals surface area contributed by atoms with Crippen molar-refractivity contribution in [3.63, 3.8) is 0 Å². The number of para-hydroxylation sites is 1. The molecule has 0 fully saturated rings. The first-order valence-electron chi connectivity index (χ1n) is 10.3. The van der Waals surface area contributed by atoms with Gasteiger partial charge in [-0.1, -0.05) is 30.3 Å². The van der Waals surface area contributed by atoms with Crippen molar-refractivity contribution in [3.05, 3.63) is 78.3 Å². The number of benzene rings is 2. The molecule has 0 saturated heterocycles. The minimum atomic E-state index is -4.17. The number of ether oxygens (including phenoxy) is 2. The molecule has 0 atom stereocenters. The first kappa shape index (κ1) is 23.8. The van der Waals surface area contributed by atoms with Gasteiger partial charge in [-0.25, -0.2) is 18.4 Å². The van der Waals surface area contributed by atoms with Crippen LogP contribution >= 0.6 is 0 Å². The molecule has 0 unspecified atom stereocenters. The fraction of sp³-hybridized carbons (Fsp3) is 0.125. The van der Waals surface area contributed by atoms with Crippen LogP contribution in [-0.2, 0) is 10.0 Å². The Morgan fingerprint density at radius 3 is 2.51 bits per heavy atom. The Balaban J connectivity index is 1.61. The van der Waals surface area contributed by atoms with Gasteiger partial charge in [-0.15, -0.1) is 0 Å². The first-order valence-corrected chi connectivity index (χ1v) is 11.8. The fourth-order valence-electron chi connectivity index (χ4n) is 3.26. The largest absolute Gasteiger partial charge is 0.495 e. The molecule has 1 amide bonds. The van der Waals surface area contributed by atoms with Crippen LogP contribution in [0.4, 0.5) is 11.4 Å². The van der Waals surface area contributed by atoms with Crippen molar-refractivity contribution in [2.24, 2.45) is 0 Å². The van der Waals surface area contributed by atoms with E-state index in [9.17, 15) is 13.2 Å². The number of nitrogens with one attached hydrogen (secondary N) is 2. The van der Waals surface area contributed by atoms with Crippen LogP contribution in [0, 0.1) is 6.92 Å². The van der Waals surface area contributed by atoms with E-state index >= 15 is 0 Å². The zero-order valence-corrected chi connectivity index (χ0v) is 19.9. The fourth-order valence-corrected chi connectivity index (χ4v) is 4.55. The summed E-state index contributed by atoms with van der Waals surface area (Å²) in [4.78, 5) is 20.7. The zero-order valence-electron chi connectivity index (χ0n) is 19.1. The number of nitrogens with zero attached hydrogens (tertiary/aromatic N) is 2. The Morgan fingerprint density at radius 2 is 1.80 bits per heavy atom. The summed E-state index contributed by atoms with van der Waals surface area (Å²) in [5, 5.41) is 2.59. The number of oxazole rings is 1. The van der Waals surface area contributed by atoms with Gasteiger partial charge in [0, 0.05) is 5.56 Å². The summed E-state index contributed by atoms with van der Waals surface area (Å²) in [5.41, 5.74) is 1.79.